The summed E-state index contributed by atoms with van der Waals surface area (Å²) in [5.41, 5.74) is 7.27. The van der Waals surface area contributed by atoms with Crippen molar-refractivity contribution >= 4 is 51.7 Å². The van der Waals surface area contributed by atoms with Gasteiger partial charge < -0.3 is 55.8 Å². The van der Waals surface area contributed by atoms with E-state index in [1.807, 2.05) is 306 Å². The standard InChI is InChI=1S/C15H10O3.C15H12O2.C15H10O2.C15H12O.C8H8O.C7H6O.5C2H6.CH4.5CH3.5Y/c16-13-11-8-4-5-9-12(11)18-15(14(13)17)10-6-2-1-3-7-10;2*16-13-10-15(11-6-2-1-3-7-11)17-14-9-5-4-8-12(13)14;16-15(14-9-5-2-6-10-14)12-11-13-7-3-1-4-8-13;1-7(9)8-5-3-2-4-6-8;8-6-7-4-2-1-3-5-7;5*1-2;;;;;;;;;;;/h1-9,17H;1-9,15H,10H2;1-10H;1-12H;2-6H,1H3;1-6H;5*1-2H3;1H4;5*1H3;;;;;/q;;;;;;;;;;;;5*-1;;;;;/b;;;12-11+;;;;;;;;;;;;;;;;;;. The quantitative estimate of drug-likeness (QED) is 0.0672. The average molecular weight is 1810 g/mol. The molecule has 0 saturated heterocycles. The molecule has 0 amide bonds. The largest absolute Gasteiger partial charge is 0.502 e. The number of aromatic hydroxyl groups is 1. The second-order valence-corrected chi connectivity index (χ2v) is 18.9. The Labute approximate surface area is 761 Å². The Morgan fingerprint density at radius 2 is 0.792 bits per heavy atom. The molecule has 1 atom stereocenters. The molecule has 0 spiro atoms. The fourth-order valence-electron chi connectivity index (χ4n) is 8.53. The molecule has 106 heavy (non-hydrogen) atoms. The Morgan fingerprint density at radius 3 is 1.24 bits per heavy atom. The number of ketones is 3. The fraction of sp³-hybridized carbons (Fsp3) is 0.154. The van der Waals surface area contributed by atoms with Crippen LogP contribution < -0.4 is 15.6 Å². The molecule has 1 unspecified atom stereocenters. The molecule has 12 aromatic rings. The molecule has 1 aliphatic rings. The van der Waals surface area contributed by atoms with Gasteiger partial charge in [-0.2, -0.15) is 0 Å². The van der Waals surface area contributed by atoms with Gasteiger partial charge in [0, 0.05) is 197 Å². The van der Waals surface area contributed by atoms with Crippen molar-refractivity contribution in [3.05, 3.63) is 388 Å². The Kier molecular flexibility index (Phi) is 80.5. The van der Waals surface area contributed by atoms with Crippen molar-refractivity contribution in [2.24, 2.45) is 0 Å². The zero-order chi connectivity index (χ0) is 69.6. The van der Waals surface area contributed by atoms with Crippen molar-refractivity contribution in [2.45, 2.75) is 96.1 Å². The average Bonchev–Trinajstić information content (AvgIpc) is 0.799. The van der Waals surface area contributed by atoms with Gasteiger partial charge in [0.25, 0.3) is 0 Å². The SMILES string of the molecule is C.CC.CC.CC.CC.CC.CC(=O)c1ccccc1.O=C(/C=C/c1ccccc1)c1ccccc1.O=C1CC(c2ccccc2)Oc2ccccc21.O=Cc1ccccc1.O=c1c(O)c(-c2ccccc2)oc2ccccc12.O=c1cc(-c2ccccc2)oc2ccccc12.[CH3-].[CH3-].[CH3-].[CH3-].[CH3-].[Y].[Y].[Y].[Y].[Y]. The third kappa shape index (κ3) is 41.1. The van der Waals surface area contributed by atoms with Gasteiger partial charge in [-0.25, -0.2) is 0 Å². The van der Waals surface area contributed by atoms with Crippen LogP contribution in [-0.2, 0) is 164 Å². The predicted molar refractivity (Wildman–Crippen MR) is 433 cm³/mol. The van der Waals surface area contributed by atoms with Gasteiger partial charge in [-0.05, 0) is 60.5 Å². The van der Waals surface area contributed by atoms with Gasteiger partial charge >= 0.3 is 0 Å². The van der Waals surface area contributed by atoms with E-state index in [0.29, 0.717) is 51.0 Å². The molecule has 15 heteroatoms. The van der Waals surface area contributed by atoms with Crippen LogP contribution in [0.5, 0.6) is 11.5 Å². The molecule has 0 aliphatic carbocycles. The molecule has 3 heterocycles. The van der Waals surface area contributed by atoms with Crippen molar-refractivity contribution in [3.63, 3.8) is 0 Å². The van der Waals surface area contributed by atoms with Crippen LogP contribution in [0.15, 0.2) is 316 Å². The van der Waals surface area contributed by atoms with Gasteiger partial charge in [0.1, 0.15) is 35.1 Å². The molecule has 1 N–H and O–H groups in total. The number of hydrogen-bond donors (Lipinski definition) is 1. The van der Waals surface area contributed by atoms with Gasteiger partial charge in [-0.1, -0.05) is 331 Å². The number of fused-ring (bicyclic) bond motifs is 3. The molecule has 0 bridgehead atoms. The van der Waals surface area contributed by atoms with Crippen molar-refractivity contribution in [1.82, 2.24) is 0 Å². The first-order chi connectivity index (χ1) is 46.6. The summed E-state index contributed by atoms with van der Waals surface area (Å²) in [6, 6.07) is 89.1. The molecular formula is C91H107O10Y5-5. The van der Waals surface area contributed by atoms with Gasteiger partial charge in [0.15, 0.2) is 28.5 Å². The van der Waals surface area contributed by atoms with Crippen LogP contribution in [0.25, 0.3) is 50.7 Å². The summed E-state index contributed by atoms with van der Waals surface area (Å²) >= 11 is 0. The van der Waals surface area contributed by atoms with Gasteiger partial charge in [0.2, 0.25) is 11.2 Å². The number of hydrogen-bond acceptors (Lipinski definition) is 10. The number of aldehydes is 1. The minimum Gasteiger partial charge on any atom is -0.502 e. The van der Waals surface area contributed by atoms with Gasteiger partial charge in [-0.15, -0.1) is 0 Å². The molecule has 2 aromatic heterocycles. The fourth-order valence-corrected chi connectivity index (χ4v) is 8.53. The van der Waals surface area contributed by atoms with Gasteiger partial charge in [0.05, 0.1) is 22.8 Å². The first kappa shape index (κ1) is 119. The summed E-state index contributed by atoms with van der Waals surface area (Å²) in [4.78, 5) is 68.3. The molecule has 1 aliphatic heterocycles. The van der Waals surface area contributed by atoms with E-state index < -0.39 is 5.43 Å². The smallest absolute Gasteiger partial charge is 0.235 e. The van der Waals surface area contributed by atoms with Crippen LogP contribution in [0.4, 0.5) is 0 Å². The zero-order valence-electron chi connectivity index (χ0n) is 64.2. The van der Waals surface area contributed by atoms with Crippen LogP contribution >= 0.6 is 0 Å². The summed E-state index contributed by atoms with van der Waals surface area (Å²) in [5.74, 6) is 1.46. The summed E-state index contributed by atoms with van der Waals surface area (Å²) in [5, 5.41) is 10.9. The van der Waals surface area contributed by atoms with Crippen LogP contribution in [-0.4, -0.2) is 28.7 Å². The maximum atomic E-state index is 12.0. The van der Waals surface area contributed by atoms with Crippen molar-refractivity contribution in [3.8, 4) is 34.1 Å². The summed E-state index contributed by atoms with van der Waals surface area (Å²) in [6.07, 6.45) is 4.53. The minimum absolute atomic E-state index is 0. The molecule has 13 rings (SSSR count). The van der Waals surface area contributed by atoms with E-state index in [-0.39, 0.29) is 248 Å². The van der Waals surface area contributed by atoms with Crippen LogP contribution in [0, 0.1) is 37.1 Å². The molecule has 10 aromatic carbocycles. The molecular weight excluding hydrogens is 1700 g/mol. The zero-order valence-corrected chi connectivity index (χ0v) is 78.4. The van der Waals surface area contributed by atoms with E-state index >= 15 is 0 Å². The van der Waals surface area contributed by atoms with Gasteiger partial charge in [-0.3, -0.25) is 28.8 Å². The maximum absolute atomic E-state index is 12.0. The molecule has 551 valence electrons. The van der Waals surface area contributed by atoms with E-state index in [0.717, 1.165) is 39.7 Å². The van der Waals surface area contributed by atoms with E-state index in [9.17, 15) is 33.9 Å². The van der Waals surface area contributed by atoms with Crippen molar-refractivity contribution in [2.75, 3.05) is 0 Å². The normalized spacial score (nSPS) is 9.73. The number of benzene rings is 10. The Balaban J connectivity index is -0.000000148. The Morgan fingerprint density at radius 1 is 0.425 bits per heavy atom. The van der Waals surface area contributed by atoms with E-state index in [2.05, 4.69) is 0 Å². The summed E-state index contributed by atoms with van der Waals surface area (Å²) in [7, 11) is 0. The number of ether oxygens (including phenoxy) is 1. The van der Waals surface area contributed by atoms with E-state index in [4.69, 9.17) is 13.6 Å². The second-order valence-electron chi connectivity index (χ2n) is 18.9. The number of carbonyl (C=O) groups excluding carboxylic acids is 4. The first-order valence-corrected chi connectivity index (χ1v) is 32.2. The maximum Gasteiger partial charge on any atom is 0.235 e. The minimum atomic E-state index is -0.407. The number of rotatable bonds is 8. The topological polar surface area (TPSA) is 158 Å². The second kappa shape index (κ2) is 72.0. The summed E-state index contributed by atoms with van der Waals surface area (Å²) in [6.45, 7) is 21.6. The first-order valence-electron chi connectivity index (χ1n) is 32.2. The predicted octanol–water partition coefficient (Wildman–Crippen LogP) is 25.0. The number of carbonyl (C=O) groups is 4. The van der Waals surface area contributed by atoms with E-state index in [1.165, 1.54) is 6.07 Å². The Bertz CT molecular complexity index is 4270. The number of allylic oxidation sites excluding steroid dienone is 1. The third-order valence-electron chi connectivity index (χ3n) is 12.9. The molecule has 0 fully saturated rings. The van der Waals surface area contributed by atoms with Crippen molar-refractivity contribution in [1.29, 1.82) is 0 Å². The van der Waals surface area contributed by atoms with E-state index in [1.54, 1.807) is 67.6 Å². The van der Waals surface area contributed by atoms with Crippen LogP contribution in [0.3, 0.4) is 0 Å². The molecule has 0 saturated carbocycles. The Hall–Kier alpha value is -5.84. The third-order valence-corrected chi connectivity index (χ3v) is 12.9. The van der Waals surface area contributed by atoms with Crippen LogP contribution in [0.1, 0.15) is 149 Å². The molecule has 5 radical (unpaired) electrons. The number of Topliss-reactive ketones (excluding diaryl/α,β-unsaturated/α-hetero) is 2. The number of para-hydroxylation sites is 3. The molecule has 10 nitrogen and oxygen atoms in total. The van der Waals surface area contributed by atoms with Crippen LogP contribution in [0.2, 0.25) is 0 Å². The monoisotopic (exact) mass is 1800 g/mol. The summed E-state index contributed by atoms with van der Waals surface area (Å²) < 4.78 is 17.2. The van der Waals surface area contributed by atoms with Crippen molar-refractivity contribution < 1.29 is 201 Å².